The average Bonchev–Trinajstić information content (AvgIpc) is 3.15. The molecule has 0 aliphatic carbocycles. The quantitative estimate of drug-likeness (QED) is 0.224. The maximum atomic E-state index is 11.1. The summed E-state index contributed by atoms with van der Waals surface area (Å²) in [5.74, 6) is 0.0729. The molecule has 2 aromatic rings. The third-order valence-electron chi connectivity index (χ3n) is 6.05. The van der Waals surface area contributed by atoms with Crippen LogP contribution in [0.25, 0.3) is 11.0 Å². The number of fused-ring (bicyclic) bond motifs is 1. The second kappa shape index (κ2) is 17.1. The number of H-pyrrole nitrogens is 1. The molecular formula is C26H43ClN2O2. The summed E-state index contributed by atoms with van der Waals surface area (Å²) in [6.45, 7) is 2.28. The van der Waals surface area contributed by atoms with E-state index in [0.29, 0.717) is 5.56 Å². The molecule has 0 aliphatic heterocycles. The van der Waals surface area contributed by atoms with E-state index in [0.717, 1.165) is 29.7 Å². The number of aryl methyl sites for hydroxylation is 1. The number of carboxylic acid groups (broad SMARTS) is 1. The molecule has 5 heteroatoms. The Morgan fingerprint density at radius 2 is 1.29 bits per heavy atom. The van der Waals surface area contributed by atoms with Crippen molar-refractivity contribution < 1.29 is 9.90 Å². The Bertz CT molecular complexity index is 729. The summed E-state index contributed by atoms with van der Waals surface area (Å²) < 4.78 is 0. The van der Waals surface area contributed by atoms with E-state index in [-0.39, 0.29) is 12.4 Å². The lowest BCUT2D eigenvalue weighted by atomic mass is 10.0. The van der Waals surface area contributed by atoms with Crippen molar-refractivity contribution in [3.63, 3.8) is 0 Å². The van der Waals surface area contributed by atoms with Crippen molar-refractivity contribution in [1.82, 2.24) is 9.97 Å². The van der Waals surface area contributed by atoms with E-state index >= 15 is 0 Å². The van der Waals surface area contributed by atoms with Crippen molar-refractivity contribution in [2.24, 2.45) is 0 Å². The first-order valence-corrected chi connectivity index (χ1v) is 12.4. The van der Waals surface area contributed by atoms with Crippen LogP contribution in [-0.4, -0.2) is 21.0 Å². The molecule has 1 aromatic carbocycles. The number of aromatic carboxylic acids is 1. The normalized spacial score (nSPS) is 11.0. The summed E-state index contributed by atoms with van der Waals surface area (Å²) in [5, 5.41) is 9.08. The van der Waals surface area contributed by atoms with E-state index in [2.05, 4.69) is 16.9 Å². The molecule has 2 N–H and O–H groups in total. The maximum absolute atomic E-state index is 11.1. The molecule has 0 atom stereocenters. The molecule has 1 aromatic heterocycles. The molecule has 0 unspecified atom stereocenters. The topological polar surface area (TPSA) is 66.0 Å². The Morgan fingerprint density at radius 3 is 1.77 bits per heavy atom. The van der Waals surface area contributed by atoms with Gasteiger partial charge < -0.3 is 10.1 Å². The first kappa shape index (κ1) is 27.5. The van der Waals surface area contributed by atoms with Crippen LogP contribution in [0.2, 0.25) is 0 Å². The molecule has 0 bridgehead atoms. The lowest BCUT2D eigenvalue weighted by Gasteiger charge is -2.03. The number of carboxylic acids is 1. The van der Waals surface area contributed by atoms with Crippen LogP contribution in [0.15, 0.2) is 18.2 Å². The molecule has 1 heterocycles. The van der Waals surface area contributed by atoms with Crippen LogP contribution in [0.3, 0.4) is 0 Å². The van der Waals surface area contributed by atoms with Gasteiger partial charge in [0.05, 0.1) is 16.6 Å². The van der Waals surface area contributed by atoms with Crippen LogP contribution in [0.5, 0.6) is 0 Å². The zero-order chi connectivity index (χ0) is 21.4. The van der Waals surface area contributed by atoms with E-state index in [1.807, 2.05) is 0 Å². The van der Waals surface area contributed by atoms with E-state index < -0.39 is 5.97 Å². The largest absolute Gasteiger partial charge is 0.478 e. The van der Waals surface area contributed by atoms with Gasteiger partial charge in [-0.1, -0.05) is 103 Å². The van der Waals surface area contributed by atoms with Crippen molar-refractivity contribution in [2.75, 3.05) is 0 Å². The molecule has 0 radical (unpaired) electrons. The third-order valence-corrected chi connectivity index (χ3v) is 6.05. The first-order chi connectivity index (χ1) is 14.7. The Hall–Kier alpha value is -1.55. The van der Waals surface area contributed by atoms with Gasteiger partial charge >= 0.3 is 5.97 Å². The number of carbonyl (C=O) groups is 1. The van der Waals surface area contributed by atoms with Gasteiger partial charge in [-0.2, -0.15) is 0 Å². The summed E-state index contributed by atoms with van der Waals surface area (Å²) in [6.07, 6.45) is 23.0. The van der Waals surface area contributed by atoms with Gasteiger partial charge in [0.15, 0.2) is 0 Å². The van der Waals surface area contributed by atoms with Gasteiger partial charge in [-0.25, -0.2) is 9.78 Å². The molecule has 31 heavy (non-hydrogen) atoms. The summed E-state index contributed by atoms with van der Waals surface area (Å²) in [6, 6.07) is 5.07. The number of nitrogens with one attached hydrogen (secondary N) is 1. The van der Waals surface area contributed by atoms with Gasteiger partial charge in [0.25, 0.3) is 0 Å². The SMILES string of the molecule is CCCCCCCCCCCCCCCCCCc1nc2ccc(C(=O)O)cc2[nH]1.Cl. The van der Waals surface area contributed by atoms with Crippen LogP contribution in [-0.2, 0) is 6.42 Å². The molecule has 0 amide bonds. The fourth-order valence-electron chi connectivity index (χ4n) is 4.15. The van der Waals surface area contributed by atoms with Crippen molar-refractivity contribution in [3.05, 3.63) is 29.6 Å². The predicted octanol–water partition coefficient (Wildman–Crippen LogP) is 8.49. The molecule has 176 valence electrons. The number of aromatic nitrogens is 2. The number of rotatable bonds is 18. The average molecular weight is 451 g/mol. The number of imidazole rings is 1. The summed E-state index contributed by atoms with van der Waals surface area (Å²) in [5.41, 5.74) is 1.98. The number of hydrogen-bond acceptors (Lipinski definition) is 2. The highest BCUT2D eigenvalue weighted by molar-refractivity contribution is 5.92. The van der Waals surface area contributed by atoms with Gasteiger partial charge in [-0.05, 0) is 24.6 Å². The smallest absolute Gasteiger partial charge is 0.335 e. The summed E-state index contributed by atoms with van der Waals surface area (Å²) in [4.78, 5) is 18.9. The van der Waals surface area contributed by atoms with Crippen LogP contribution in [0.1, 0.15) is 126 Å². The van der Waals surface area contributed by atoms with E-state index in [9.17, 15) is 4.79 Å². The fourth-order valence-corrected chi connectivity index (χ4v) is 4.15. The van der Waals surface area contributed by atoms with Crippen molar-refractivity contribution in [2.45, 2.75) is 116 Å². The third kappa shape index (κ3) is 11.6. The fraction of sp³-hybridized carbons (Fsp3) is 0.692. The van der Waals surface area contributed by atoms with E-state index in [1.165, 1.54) is 96.3 Å². The molecule has 0 saturated heterocycles. The maximum Gasteiger partial charge on any atom is 0.335 e. The van der Waals surface area contributed by atoms with Crippen LogP contribution in [0.4, 0.5) is 0 Å². The highest BCUT2D eigenvalue weighted by Gasteiger charge is 2.07. The van der Waals surface area contributed by atoms with Crippen LogP contribution < -0.4 is 0 Å². The second-order valence-electron chi connectivity index (χ2n) is 8.77. The summed E-state index contributed by atoms with van der Waals surface area (Å²) in [7, 11) is 0. The predicted molar refractivity (Wildman–Crippen MR) is 134 cm³/mol. The standard InChI is InChI=1S/C26H42N2O2.ClH/c1-2-3-4-5-6-7-8-9-10-11-12-13-14-15-16-17-18-25-27-23-20-19-22(26(29)30)21-24(23)28-25;/h19-21H,2-18H2,1H3,(H,27,28)(H,29,30);1H. The first-order valence-electron chi connectivity index (χ1n) is 12.4. The number of aromatic amines is 1. The van der Waals surface area contributed by atoms with Crippen molar-refractivity contribution in [1.29, 1.82) is 0 Å². The monoisotopic (exact) mass is 450 g/mol. The lowest BCUT2D eigenvalue weighted by Crippen LogP contribution is -1.94. The minimum absolute atomic E-state index is 0. The Morgan fingerprint density at radius 1 is 0.806 bits per heavy atom. The number of unbranched alkanes of at least 4 members (excludes halogenated alkanes) is 15. The van der Waals surface area contributed by atoms with E-state index in [1.54, 1.807) is 18.2 Å². The molecule has 2 rings (SSSR count). The molecular weight excluding hydrogens is 408 g/mol. The Labute approximate surface area is 195 Å². The van der Waals surface area contributed by atoms with Gasteiger partial charge in [0.1, 0.15) is 5.82 Å². The number of benzene rings is 1. The summed E-state index contributed by atoms with van der Waals surface area (Å²) >= 11 is 0. The minimum Gasteiger partial charge on any atom is -0.478 e. The zero-order valence-corrected chi connectivity index (χ0v) is 20.3. The molecule has 0 fully saturated rings. The molecule has 4 nitrogen and oxygen atoms in total. The molecule has 0 saturated carbocycles. The number of nitrogens with zero attached hydrogens (tertiary/aromatic N) is 1. The molecule has 0 spiro atoms. The number of halogens is 1. The number of hydrogen-bond donors (Lipinski definition) is 2. The van der Waals surface area contributed by atoms with Crippen molar-refractivity contribution in [3.8, 4) is 0 Å². The zero-order valence-electron chi connectivity index (χ0n) is 19.5. The Kier molecular flexibility index (Phi) is 15.1. The van der Waals surface area contributed by atoms with Gasteiger partial charge in [0.2, 0.25) is 0 Å². The highest BCUT2D eigenvalue weighted by atomic mass is 35.5. The second-order valence-corrected chi connectivity index (χ2v) is 8.77. The highest BCUT2D eigenvalue weighted by Crippen LogP contribution is 2.17. The minimum atomic E-state index is -0.897. The lowest BCUT2D eigenvalue weighted by molar-refractivity contribution is 0.0697. The van der Waals surface area contributed by atoms with Gasteiger partial charge in [-0.3, -0.25) is 0 Å². The van der Waals surface area contributed by atoms with Crippen LogP contribution in [0, 0.1) is 0 Å². The van der Waals surface area contributed by atoms with Crippen molar-refractivity contribution >= 4 is 29.4 Å². The van der Waals surface area contributed by atoms with Gasteiger partial charge in [0, 0.05) is 6.42 Å². The Balaban J connectivity index is 0.00000480. The molecule has 0 aliphatic rings. The van der Waals surface area contributed by atoms with Crippen LogP contribution >= 0.6 is 12.4 Å². The van der Waals surface area contributed by atoms with E-state index in [4.69, 9.17) is 5.11 Å². The van der Waals surface area contributed by atoms with Gasteiger partial charge in [-0.15, -0.1) is 12.4 Å².